The summed E-state index contributed by atoms with van der Waals surface area (Å²) in [6.07, 6.45) is 2.08. The molecule has 0 amide bonds. The Balaban J connectivity index is 1.77. The molecule has 1 atom stereocenters. The quantitative estimate of drug-likeness (QED) is 0.877. The van der Waals surface area contributed by atoms with Crippen LogP contribution < -0.4 is 5.32 Å². The van der Waals surface area contributed by atoms with E-state index in [0.29, 0.717) is 6.04 Å². The number of thioether (sulfide) groups is 1. The van der Waals surface area contributed by atoms with Crippen LogP contribution in [0.15, 0.2) is 33.6 Å². The van der Waals surface area contributed by atoms with Crippen LogP contribution in [0.5, 0.6) is 0 Å². The molecule has 1 aromatic carbocycles. The maximum Gasteiger partial charge on any atom is 0.226 e. The number of hydrogen-bond donors (Lipinski definition) is 1. The van der Waals surface area contributed by atoms with Gasteiger partial charge < -0.3 is 9.73 Å². The molecule has 4 nitrogen and oxygen atoms in total. The average molecular weight is 317 g/mol. The number of nitrogens with zero attached hydrogens (tertiary/aromatic N) is 2. The van der Waals surface area contributed by atoms with Gasteiger partial charge in [-0.15, -0.1) is 11.8 Å². The van der Waals surface area contributed by atoms with Crippen molar-refractivity contribution in [3.8, 4) is 11.5 Å². The predicted molar refractivity (Wildman–Crippen MR) is 91.2 cm³/mol. The van der Waals surface area contributed by atoms with Crippen molar-refractivity contribution < 1.29 is 4.42 Å². The smallest absolute Gasteiger partial charge is 0.226 e. The van der Waals surface area contributed by atoms with E-state index < -0.39 is 0 Å². The van der Waals surface area contributed by atoms with Gasteiger partial charge in [0.15, 0.2) is 0 Å². The lowest BCUT2D eigenvalue weighted by Gasteiger charge is -2.33. The van der Waals surface area contributed by atoms with Crippen molar-refractivity contribution in [3.63, 3.8) is 0 Å². The number of aryl methyl sites for hydroxylation is 1. The molecule has 1 fully saturated rings. The highest BCUT2D eigenvalue weighted by Crippen LogP contribution is 2.25. The fourth-order valence-corrected chi connectivity index (χ4v) is 3.15. The lowest BCUT2D eigenvalue weighted by Crippen LogP contribution is -2.49. The van der Waals surface area contributed by atoms with Crippen molar-refractivity contribution in [1.82, 2.24) is 15.2 Å². The molecule has 1 saturated heterocycles. The first-order valence-corrected chi connectivity index (χ1v) is 8.95. The maximum absolute atomic E-state index is 5.89. The largest absolute Gasteiger partial charge is 0.441 e. The van der Waals surface area contributed by atoms with Gasteiger partial charge in [-0.25, -0.2) is 4.98 Å². The second-order valence-corrected chi connectivity index (χ2v) is 6.65. The summed E-state index contributed by atoms with van der Waals surface area (Å²) in [6, 6.07) is 8.91. The Morgan fingerprint density at radius 1 is 1.36 bits per heavy atom. The van der Waals surface area contributed by atoms with Gasteiger partial charge in [-0.05, 0) is 44.4 Å². The fourth-order valence-electron chi connectivity index (χ4n) is 2.74. The fraction of sp³-hybridized carbons (Fsp3) is 0.471. The summed E-state index contributed by atoms with van der Waals surface area (Å²) in [5.74, 6) is 1.65. The number of piperazine rings is 1. The van der Waals surface area contributed by atoms with Crippen molar-refractivity contribution in [2.45, 2.75) is 31.3 Å². The van der Waals surface area contributed by atoms with Crippen molar-refractivity contribution in [2.24, 2.45) is 0 Å². The minimum atomic E-state index is 0.536. The van der Waals surface area contributed by atoms with E-state index in [1.807, 2.05) is 6.92 Å². The molecular formula is C17H23N3OS. The minimum Gasteiger partial charge on any atom is -0.441 e. The van der Waals surface area contributed by atoms with Gasteiger partial charge in [0.25, 0.3) is 0 Å². The van der Waals surface area contributed by atoms with E-state index in [9.17, 15) is 0 Å². The standard InChI is InChI=1S/C17H23N3OS/c1-12-10-18-8-9-20(12)11-16-13(2)21-17(19-16)14-4-6-15(22-3)7-5-14/h4-7,12,18H,8-11H2,1-3H3. The van der Waals surface area contributed by atoms with Gasteiger partial charge in [0.2, 0.25) is 5.89 Å². The summed E-state index contributed by atoms with van der Waals surface area (Å²) >= 11 is 1.74. The topological polar surface area (TPSA) is 41.3 Å². The molecule has 1 N–H and O–H groups in total. The van der Waals surface area contributed by atoms with E-state index >= 15 is 0 Å². The molecule has 0 radical (unpaired) electrons. The summed E-state index contributed by atoms with van der Waals surface area (Å²) in [6.45, 7) is 8.27. The van der Waals surface area contributed by atoms with Crippen molar-refractivity contribution in [1.29, 1.82) is 0 Å². The molecule has 1 aliphatic rings. The molecule has 3 rings (SSSR count). The summed E-state index contributed by atoms with van der Waals surface area (Å²) in [5, 5.41) is 3.42. The Morgan fingerprint density at radius 3 is 2.82 bits per heavy atom. The molecule has 22 heavy (non-hydrogen) atoms. The monoisotopic (exact) mass is 317 g/mol. The van der Waals surface area contributed by atoms with Crippen LogP contribution in [0.2, 0.25) is 0 Å². The van der Waals surface area contributed by atoms with Crippen LogP contribution in [0.1, 0.15) is 18.4 Å². The third-order valence-electron chi connectivity index (χ3n) is 4.22. The highest BCUT2D eigenvalue weighted by molar-refractivity contribution is 7.98. The molecule has 0 aliphatic carbocycles. The van der Waals surface area contributed by atoms with Crippen LogP contribution in [0.25, 0.3) is 11.5 Å². The Bertz CT molecular complexity index is 623. The molecule has 1 aromatic heterocycles. The van der Waals surface area contributed by atoms with E-state index in [0.717, 1.165) is 49.1 Å². The Labute approximate surface area is 136 Å². The van der Waals surface area contributed by atoms with Crippen LogP contribution >= 0.6 is 11.8 Å². The first kappa shape index (κ1) is 15.6. The first-order valence-electron chi connectivity index (χ1n) is 7.73. The van der Waals surface area contributed by atoms with Crippen LogP contribution in [-0.4, -0.2) is 41.8 Å². The second-order valence-electron chi connectivity index (χ2n) is 5.77. The average Bonchev–Trinajstić information content (AvgIpc) is 2.91. The van der Waals surface area contributed by atoms with E-state index in [4.69, 9.17) is 9.40 Å². The molecule has 2 heterocycles. The maximum atomic E-state index is 5.89. The summed E-state index contributed by atoms with van der Waals surface area (Å²) in [5.41, 5.74) is 2.10. The van der Waals surface area contributed by atoms with Gasteiger partial charge in [-0.1, -0.05) is 0 Å². The number of rotatable bonds is 4. The van der Waals surface area contributed by atoms with E-state index in [1.54, 1.807) is 11.8 Å². The van der Waals surface area contributed by atoms with Crippen molar-refractivity contribution in [3.05, 3.63) is 35.7 Å². The van der Waals surface area contributed by atoms with Crippen molar-refractivity contribution in [2.75, 3.05) is 25.9 Å². The van der Waals surface area contributed by atoms with Gasteiger partial charge in [0, 0.05) is 42.7 Å². The summed E-state index contributed by atoms with van der Waals surface area (Å²) in [7, 11) is 0. The highest BCUT2D eigenvalue weighted by atomic mass is 32.2. The Kier molecular flexibility index (Phi) is 4.86. The summed E-state index contributed by atoms with van der Waals surface area (Å²) in [4.78, 5) is 8.44. The lowest BCUT2D eigenvalue weighted by atomic mass is 10.2. The van der Waals surface area contributed by atoms with Crippen molar-refractivity contribution >= 4 is 11.8 Å². The third kappa shape index (κ3) is 3.37. The minimum absolute atomic E-state index is 0.536. The third-order valence-corrected chi connectivity index (χ3v) is 4.96. The predicted octanol–water partition coefficient (Wildman–Crippen LogP) is 3.17. The van der Waals surface area contributed by atoms with Gasteiger partial charge >= 0.3 is 0 Å². The summed E-state index contributed by atoms with van der Waals surface area (Å²) < 4.78 is 5.89. The van der Waals surface area contributed by atoms with Gasteiger partial charge in [0.1, 0.15) is 5.76 Å². The van der Waals surface area contributed by atoms with Crippen LogP contribution in [0.3, 0.4) is 0 Å². The molecule has 118 valence electrons. The van der Waals surface area contributed by atoms with Crippen LogP contribution in [0.4, 0.5) is 0 Å². The lowest BCUT2D eigenvalue weighted by molar-refractivity contribution is 0.163. The second kappa shape index (κ2) is 6.86. The zero-order valence-electron chi connectivity index (χ0n) is 13.4. The normalized spacial score (nSPS) is 19.5. The number of aromatic nitrogens is 1. The molecule has 5 heteroatoms. The Hall–Kier alpha value is -1.30. The SMILES string of the molecule is CSc1ccc(-c2nc(CN3CCNCC3C)c(C)o2)cc1. The zero-order valence-corrected chi connectivity index (χ0v) is 14.2. The van der Waals surface area contributed by atoms with E-state index in [2.05, 4.69) is 47.7 Å². The number of hydrogen-bond acceptors (Lipinski definition) is 5. The number of benzene rings is 1. The molecule has 1 aliphatic heterocycles. The molecule has 0 spiro atoms. The van der Waals surface area contributed by atoms with Gasteiger partial charge in [-0.2, -0.15) is 0 Å². The van der Waals surface area contributed by atoms with E-state index in [1.165, 1.54) is 4.90 Å². The van der Waals surface area contributed by atoms with Gasteiger partial charge in [0.05, 0.1) is 5.69 Å². The molecular weight excluding hydrogens is 294 g/mol. The van der Waals surface area contributed by atoms with E-state index in [-0.39, 0.29) is 0 Å². The first-order chi connectivity index (χ1) is 10.7. The van der Waals surface area contributed by atoms with Crippen LogP contribution in [-0.2, 0) is 6.54 Å². The zero-order chi connectivity index (χ0) is 15.5. The molecule has 2 aromatic rings. The highest BCUT2D eigenvalue weighted by Gasteiger charge is 2.21. The van der Waals surface area contributed by atoms with Crippen LogP contribution in [0, 0.1) is 6.92 Å². The molecule has 1 unspecified atom stereocenters. The number of nitrogens with one attached hydrogen (secondary N) is 1. The number of oxazole rings is 1. The molecule has 0 saturated carbocycles. The Morgan fingerprint density at radius 2 is 2.14 bits per heavy atom. The molecule has 0 bridgehead atoms. The van der Waals surface area contributed by atoms with Gasteiger partial charge in [-0.3, -0.25) is 4.90 Å².